The van der Waals surface area contributed by atoms with E-state index >= 15 is 0 Å². The Morgan fingerprint density at radius 1 is 1.46 bits per heavy atom. The van der Waals surface area contributed by atoms with E-state index in [9.17, 15) is 14.9 Å². The molecule has 0 radical (unpaired) electrons. The van der Waals surface area contributed by atoms with Gasteiger partial charge in [-0.2, -0.15) is 0 Å². The van der Waals surface area contributed by atoms with Crippen LogP contribution in [0.5, 0.6) is 0 Å². The highest BCUT2D eigenvalue weighted by Crippen LogP contribution is 2.32. The minimum absolute atomic E-state index is 0.0158. The van der Waals surface area contributed by atoms with E-state index < -0.39 is 0 Å². The number of nitro benzene ring substituents is 1. The van der Waals surface area contributed by atoms with E-state index in [1.165, 1.54) is 6.07 Å². The molecule has 2 heterocycles. The molecule has 2 aliphatic rings. The summed E-state index contributed by atoms with van der Waals surface area (Å²) in [4.78, 5) is 25.4. The molecule has 24 heavy (non-hydrogen) atoms. The molecule has 3 rings (SSSR count). The molecule has 1 aromatic carbocycles. The second kappa shape index (κ2) is 7.17. The topological polar surface area (TPSA) is 87.5 Å². The summed E-state index contributed by atoms with van der Waals surface area (Å²) in [5, 5.41) is 17.5. The molecule has 1 aromatic rings. The molecule has 0 bridgehead atoms. The predicted molar refractivity (Wildman–Crippen MR) is 92.4 cm³/mol. The molecule has 0 aliphatic carbocycles. The van der Waals surface area contributed by atoms with Crippen molar-refractivity contribution in [2.45, 2.75) is 19.8 Å². The van der Waals surface area contributed by atoms with Crippen molar-refractivity contribution in [1.29, 1.82) is 0 Å². The summed E-state index contributed by atoms with van der Waals surface area (Å²) >= 11 is 0. The van der Waals surface area contributed by atoms with E-state index in [1.807, 2.05) is 0 Å². The van der Waals surface area contributed by atoms with Gasteiger partial charge in [0.15, 0.2) is 0 Å². The minimum Gasteiger partial charge on any atom is -0.366 e. The van der Waals surface area contributed by atoms with Gasteiger partial charge in [0.1, 0.15) is 5.69 Å². The predicted octanol–water partition coefficient (Wildman–Crippen LogP) is 1.78. The zero-order chi connectivity index (χ0) is 17.1. The van der Waals surface area contributed by atoms with Crippen LogP contribution in [0.1, 0.15) is 30.1 Å². The first kappa shape index (κ1) is 16.7. The van der Waals surface area contributed by atoms with Crippen molar-refractivity contribution < 1.29 is 9.72 Å². The molecule has 2 N–H and O–H groups in total. The molecule has 2 saturated heterocycles. The maximum Gasteiger partial charge on any atom is 0.293 e. The van der Waals surface area contributed by atoms with Gasteiger partial charge in [-0.3, -0.25) is 14.9 Å². The Bertz CT molecular complexity index is 630. The Morgan fingerprint density at radius 3 is 2.88 bits per heavy atom. The second-order valence-electron chi connectivity index (χ2n) is 6.89. The number of carbonyl (C=O) groups is 1. The van der Waals surface area contributed by atoms with Crippen LogP contribution in [0.15, 0.2) is 18.2 Å². The van der Waals surface area contributed by atoms with Gasteiger partial charge < -0.3 is 15.5 Å². The number of piperidine rings is 1. The Labute approximate surface area is 141 Å². The van der Waals surface area contributed by atoms with Crippen LogP contribution in [0.3, 0.4) is 0 Å². The van der Waals surface area contributed by atoms with Gasteiger partial charge in [-0.25, -0.2) is 0 Å². The fourth-order valence-corrected chi connectivity index (χ4v) is 3.32. The molecule has 0 aromatic heterocycles. The third kappa shape index (κ3) is 3.67. The molecule has 1 atom stereocenters. The van der Waals surface area contributed by atoms with Crippen LogP contribution in [0, 0.1) is 22.0 Å². The molecule has 0 saturated carbocycles. The van der Waals surface area contributed by atoms with Crippen molar-refractivity contribution in [1.82, 2.24) is 10.6 Å². The van der Waals surface area contributed by atoms with Crippen LogP contribution in [-0.2, 0) is 0 Å². The van der Waals surface area contributed by atoms with Crippen LogP contribution >= 0.6 is 0 Å². The van der Waals surface area contributed by atoms with E-state index in [1.54, 1.807) is 12.1 Å². The Morgan fingerprint density at radius 2 is 2.25 bits per heavy atom. The average Bonchev–Trinajstić information content (AvgIpc) is 2.52. The van der Waals surface area contributed by atoms with E-state index in [-0.39, 0.29) is 16.5 Å². The first-order valence-electron chi connectivity index (χ1n) is 8.57. The molecule has 0 spiro atoms. The smallest absolute Gasteiger partial charge is 0.293 e. The number of nitrogens with one attached hydrogen (secondary N) is 2. The lowest BCUT2D eigenvalue weighted by molar-refractivity contribution is -0.384. The quantitative estimate of drug-likeness (QED) is 0.634. The molecular weight excluding hydrogens is 308 g/mol. The molecule has 130 valence electrons. The molecular formula is C17H24N4O3. The number of amides is 1. The van der Waals surface area contributed by atoms with Gasteiger partial charge in [0, 0.05) is 50.3 Å². The Balaban J connectivity index is 1.76. The SMILES string of the molecule is CC1CCCN(c2ccc(C(=O)NCC3CNC3)cc2[N+](=O)[O-])C1. The summed E-state index contributed by atoms with van der Waals surface area (Å²) in [5.41, 5.74) is 0.983. The van der Waals surface area contributed by atoms with Crippen LogP contribution < -0.4 is 15.5 Å². The lowest BCUT2D eigenvalue weighted by atomic mass is 9.99. The van der Waals surface area contributed by atoms with Gasteiger partial charge in [0.25, 0.3) is 11.6 Å². The van der Waals surface area contributed by atoms with Crippen molar-refractivity contribution in [3.8, 4) is 0 Å². The molecule has 7 heteroatoms. The standard InChI is InChI=1S/C17H24N4O3/c1-12-3-2-6-20(11-12)15-5-4-14(7-16(15)21(23)24)17(22)19-10-13-8-18-9-13/h4-5,7,12-13,18H,2-3,6,8-11H2,1H3,(H,19,22). The number of rotatable bonds is 5. The lowest BCUT2D eigenvalue weighted by Gasteiger charge is -2.32. The van der Waals surface area contributed by atoms with Crippen molar-refractivity contribution in [3.05, 3.63) is 33.9 Å². The number of hydrogen-bond acceptors (Lipinski definition) is 5. The Kier molecular flexibility index (Phi) is 4.99. The number of nitrogens with zero attached hydrogens (tertiary/aromatic N) is 2. The lowest BCUT2D eigenvalue weighted by Crippen LogP contribution is -2.48. The van der Waals surface area contributed by atoms with Crippen molar-refractivity contribution >= 4 is 17.3 Å². The third-order valence-electron chi connectivity index (χ3n) is 4.85. The number of benzene rings is 1. The van der Waals surface area contributed by atoms with Crippen molar-refractivity contribution in [2.24, 2.45) is 11.8 Å². The highest BCUT2D eigenvalue weighted by atomic mass is 16.6. The summed E-state index contributed by atoms with van der Waals surface area (Å²) < 4.78 is 0. The van der Waals surface area contributed by atoms with E-state index in [0.717, 1.165) is 39.0 Å². The van der Waals surface area contributed by atoms with E-state index in [0.29, 0.717) is 29.6 Å². The number of hydrogen-bond donors (Lipinski definition) is 2. The highest BCUT2D eigenvalue weighted by molar-refractivity contribution is 5.95. The highest BCUT2D eigenvalue weighted by Gasteiger charge is 2.25. The van der Waals surface area contributed by atoms with Crippen molar-refractivity contribution in [2.75, 3.05) is 37.6 Å². The summed E-state index contributed by atoms with van der Waals surface area (Å²) in [6, 6.07) is 4.81. The monoisotopic (exact) mass is 332 g/mol. The van der Waals surface area contributed by atoms with Crippen molar-refractivity contribution in [3.63, 3.8) is 0 Å². The van der Waals surface area contributed by atoms with Gasteiger partial charge in [-0.1, -0.05) is 6.92 Å². The van der Waals surface area contributed by atoms with Crippen LogP contribution in [-0.4, -0.2) is 43.6 Å². The molecule has 1 amide bonds. The van der Waals surface area contributed by atoms with E-state index in [2.05, 4.69) is 22.5 Å². The summed E-state index contributed by atoms with van der Waals surface area (Å²) in [7, 11) is 0. The molecule has 2 fully saturated rings. The zero-order valence-corrected chi connectivity index (χ0v) is 14.0. The van der Waals surface area contributed by atoms with Gasteiger partial charge in [0.2, 0.25) is 0 Å². The summed E-state index contributed by atoms with van der Waals surface area (Å²) in [6.45, 7) is 6.23. The normalized spacial score (nSPS) is 21.2. The van der Waals surface area contributed by atoms with Crippen LogP contribution in [0.2, 0.25) is 0 Å². The zero-order valence-electron chi connectivity index (χ0n) is 14.0. The molecule has 7 nitrogen and oxygen atoms in total. The first-order chi connectivity index (χ1) is 11.5. The summed E-state index contributed by atoms with van der Waals surface area (Å²) in [6.07, 6.45) is 2.19. The van der Waals surface area contributed by atoms with Gasteiger partial charge in [-0.15, -0.1) is 0 Å². The van der Waals surface area contributed by atoms with Gasteiger partial charge in [-0.05, 0) is 30.9 Å². The summed E-state index contributed by atoms with van der Waals surface area (Å²) in [5.74, 6) is 0.735. The number of anilines is 1. The van der Waals surface area contributed by atoms with Gasteiger partial charge in [0.05, 0.1) is 4.92 Å². The van der Waals surface area contributed by atoms with Crippen LogP contribution in [0.25, 0.3) is 0 Å². The Hall–Kier alpha value is -2.15. The fourth-order valence-electron chi connectivity index (χ4n) is 3.32. The van der Waals surface area contributed by atoms with E-state index in [4.69, 9.17) is 0 Å². The van der Waals surface area contributed by atoms with Crippen LogP contribution in [0.4, 0.5) is 11.4 Å². The molecule has 2 aliphatic heterocycles. The maximum absolute atomic E-state index is 12.2. The number of nitro groups is 1. The fraction of sp³-hybridized carbons (Fsp3) is 0.588. The average molecular weight is 332 g/mol. The maximum atomic E-state index is 12.2. The first-order valence-corrected chi connectivity index (χ1v) is 8.57. The molecule has 1 unspecified atom stereocenters. The minimum atomic E-state index is -0.388. The van der Waals surface area contributed by atoms with Gasteiger partial charge >= 0.3 is 0 Å². The largest absolute Gasteiger partial charge is 0.366 e. The third-order valence-corrected chi connectivity index (χ3v) is 4.85. The second-order valence-corrected chi connectivity index (χ2v) is 6.89. The number of carbonyl (C=O) groups excluding carboxylic acids is 1.